The van der Waals surface area contributed by atoms with E-state index in [0.717, 1.165) is 0 Å². The summed E-state index contributed by atoms with van der Waals surface area (Å²) in [6, 6.07) is 4.20. The lowest BCUT2D eigenvalue weighted by Crippen LogP contribution is -2.27. The van der Waals surface area contributed by atoms with Crippen molar-refractivity contribution in [3.05, 3.63) is 23.8 Å². The van der Waals surface area contributed by atoms with Gasteiger partial charge in [-0.05, 0) is 12.1 Å². The normalized spacial score (nSPS) is 10.2. The van der Waals surface area contributed by atoms with Gasteiger partial charge in [0.2, 0.25) is 0 Å². The Balaban J connectivity index is 2.44. The number of amides is 1. The summed E-state index contributed by atoms with van der Waals surface area (Å²) in [5, 5.41) is 21.2. The second-order valence-corrected chi connectivity index (χ2v) is 3.61. The molecule has 1 aromatic carbocycles. The molecule has 1 rings (SSSR count). The smallest absolute Gasteiger partial charge is 0.255 e. The predicted octanol–water partition coefficient (Wildman–Crippen LogP) is 1.08. The number of phenolic OH excluding ortho intramolecular Hbond substituents is 2. The molecule has 0 radical (unpaired) electrons. The highest BCUT2D eigenvalue weighted by Gasteiger charge is 2.12. The van der Waals surface area contributed by atoms with Gasteiger partial charge in [0.15, 0.2) is 11.5 Å². The van der Waals surface area contributed by atoms with Crippen molar-refractivity contribution in [2.45, 2.75) is 0 Å². The average Bonchev–Trinajstić information content (AvgIpc) is 2.32. The van der Waals surface area contributed by atoms with E-state index in [2.05, 4.69) is 5.32 Å². The van der Waals surface area contributed by atoms with Gasteiger partial charge in [0, 0.05) is 12.4 Å². The van der Waals surface area contributed by atoms with Crippen molar-refractivity contribution in [3.63, 3.8) is 0 Å². The van der Waals surface area contributed by atoms with Crippen LogP contribution in [0.2, 0.25) is 0 Å². The number of phenols is 2. The van der Waals surface area contributed by atoms with Crippen LogP contribution in [0.4, 0.5) is 0 Å². The summed E-state index contributed by atoms with van der Waals surface area (Å²) in [4.78, 5) is 11.6. The Morgan fingerprint density at radius 2 is 2.12 bits per heavy atom. The van der Waals surface area contributed by atoms with Gasteiger partial charge in [-0.15, -0.1) is 11.6 Å². The number of rotatable bonds is 6. The third-order valence-corrected chi connectivity index (χ3v) is 2.17. The first-order valence-electron chi connectivity index (χ1n) is 5.09. The topological polar surface area (TPSA) is 78.8 Å². The highest BCUT2D eigenvalue weighted by molar-refractivity contribution is 6.17. The first-order chi connectivity index (χ1) is 8.16. The molecule has 3 N–H and O–H groups in total. The van der Waals surface area contributed by atoms with Gasteiger partial charge in [-0.1, -0.05) is 6.07 Å². The second-order valence-electron chi connectivity index (χ2n) is 3.23. The molecular weight excluding hydrogens is 246 g/mol. The molecular formula is C11H14ClNO4. The van der Waals surface area contributed by atoms with E-state index in [-0.39, 0.29) is 11.3 Å². The first-order valence-corrected chi connectivity index (χ1v) is 5.63. The van der Waals surface area contributed by atoms with Crippen LogP contribution >= 0.6 is 11.6 Å². The maximum absolute atomic E-state index is 11.6. The summed E-state index contributed by atoms with van der Waals surface area (Å²) in [6.07, 6.45) is 0. The van der Waals surface area contributed by atoms with Crippen LogP contribution in [0.1, 0.15) is 10.4 Å². The van der Waals surface area contributed by atoms with E-state index in [4.69, 9.17) is 16.3 Å². The van der Waals surface area contributed by atoms with E-state index >= 15 is 0 Å². The van der Waals surface area contributed by atoms with Crippen molar-refractivity contribution >= 4 is 17.5 Å². The van der Waals surface area contributed by atoms with E-state index in [9.17, 15) is 15.0 Å². The van der Waals surface area contributed by atoms with Crippen LogP contribution in [0.15, 0.2) is 18.2 Å². The number of para-hydroxylation sites is 1. The number of ether oxygens (including phenoxy) is 1. The van der Waals surface area contributed by atoms with E-state index in [1.54, 1.807) is 0 Å². The fourth-order valence-corrected chi connectivity index (χ4v) is 1.31. The highest BCUT2D eigenvalue weighted by Crippen LogP contribution is 2.27. The lowest BCUT2D eigenvalue weighted by atomic mass is 10.1. The molecule has 1 aromatic rings. The molecule has 1 amide bonds. The Kier molecular flexibility index (Phi) is 5.59. The van der Waals surface area contributed by atoms with Gasteiger partial charge in [-0.2, -0.15) is 0 Å². The number of carbonyl (C=O) groups excluding carboxylic acids is 1. The molecule has 0 aliphatic carbocycles. The highest BCUT2D eigenvalue weighted by atomic mass is 35.5. The summed E-state index contributed by atoms with van der Waals surface area (Å²) in [5.74, 6) is -0.808. The van der Waals surface area contributed by atoms with E-state index < -0.39 is 11.7 Å². The van der Waals surface area contributed by atoms with Crippen molar-refractivity contribution in [2.24, 2.45) is 0 Å². The molecule has 94 valence electrons. The minimum Gasteiger partial charge on any atom is -0.504 e. The molecule has 0 aromatic heterocycles. The largest absolute Gasteiger partial charge is 0.504 e. The SMILES string of the molecule is O=C(NCCOCCCl)c1cccc(O)c1O. The molecule has 0 aliphatic heterocycles. The number of hydrogen-bond acceptors (Lipinski definition) is 4. The van der Waals surface area contributed by atoms with Crippen LogP contribution in [-0.4, -0.2) is 41.8 Å². The maximum Gasteiger partial charge on any atom is 0.255 e. The number of carbonyl (C=O) groups is 1. The van der Waals surface area contributed by atoms with Crippen molar-refractivity contribution in [2.75, 3.05) is 25.6 Å². The molecule has 0 fully saturated rings. The molecule has 0 heterocycles. The van der Waals surface area contributed by atoms with Gasteiger partial charge in [-0.3, -0.25) is 4.79 Å². The molecule has 0 saturated heterocycles. The molecule has 0 saturated carbocycles. The molecule has 17 heavy (non-hydrogen) atoms. The third-order valence-electron chi connectivity index (χ3n) is 2.01. The minimum absolute atomic E-state index is 0.0299. The van der Waals surface area contributed by atoms with Crippen molar-refractivity contribution in [1.82, 2.24) is 5.32 Å². The Bertz CT molecular complexity index is 384. The molecule has 0 unspecified atom stereocenters. The Hall–Kier alpha value is -1.46. The maximum atomic E-state index is 11.6. The second kappa shape index (κ2) is 6.98. The van der Waals surface area contributed by atoms with Crippen molar-refractivity contribution < 1.29 is 19.7 Å². The van der Waals surface area contributed by atoms with Gasteiger partial charge < -0.3 is 20.3 Å². The molecule has 6 heteroatoms. The molecule has 0 aliphatic rings. The van der Waals surface area contributed by atoms with Crippen LogP contribution in [0, 0.1) is 0 Å². The standard InChI is InChI=1S/C11H14ClNO4/c12-4-6-17-7-5-13-11(16)8-2-1-3-9(14)10(8)15/h1-3,14-15H,4-7H2,(H,13,16). The number of hydrogen-bond donors (Lipinski definition) is 3. The minimum atomic E-state index is -0.465. The molecule has 5 nitrogen and oxygen atoms in total. The Morgan fingerprint density at radius 3 is 2.82 bits per heavy atom. The Labute approximate surface area is 104 Å². The van der Waals surface area contributed by atoms with Gasteiger partial charge in [0.25, 0.3) is 5.91 Å². The number of alkyl halides is 1. The fourth-order valence-electron chi connectivity index (χ4n) is 1.20. The monoisotopic (exact) mass is 259 g/mol. The van der Waals surface area contributed by atoms with Gasteiger partial charge in [0.05, 0.1) is 18.8 Å². The first kappa shape index (κ1) is 13.6. The number of nitrogens with one attached hydrogen (secondary N) is 1. The van der Waals surface area contributed by atoms with E-state index in [1.165, 1.54) is 18.2 Å². The lowest BCUT2D eigenvalue weighted by Gasteiger charge is -2.07. The van der Waals surface area contributed by atoms with Crippen LogP contribution in [0.3, 0.4) is 0 Å². The van der Waals surface area contributed by atoms with Crippen molar-refractivity contribution in [1.29, 1.82) is 0 Å². The number of aromatic hydroxyl groups is 2. The fraction of sp³-hybridized carbons (Fsp3) is 0.364. The van der Waals surface area contributed by atoms with E-state index in [0.29, 0.717) is 25.6 Å². The molecule has 0 bridgehead atoms. The zero-order valence-electron chi connectivity index (χ0n) is 9.15. The lowest BCUT2D eigenvalue weighted by molar-refractivity contribution is 0.0920. The van der Waals surface area contributed by atoms with Gasteiger partial charge in [0.1, 0.15) is 0 Å². The van der Waals surface area contributed by atoms with Crippen LogP contribution in [-0.2, 0) is 4.74 Å². The zero-order valence-corrected chi connectivity index (χ0v) is 9.91. The van der Waals surface area contributed by atoms with Crippen LogP contribution < -0.4 is 5.32 Å². The average molecular weight is 260 g/mol. The van der Waals surface area contributed by atoms with Gasteiger partial charge in [-0.25, -0.2) is 0 Å². The summed E-state index contributed by atoms with van der Waals surface area (Å²) in [6.45, 7) is 1.08. The number of benzene rings is 1. The summed E-state index contributed by atoms with van der Waals surface area (Å²) in [5.41, 5.74) is 0.0299. The molecule has 0 spiro atoms. The van der Waals surface area contributed by atoms with Crippen LogP contribution in [0.25, 0.3) is 0 Å². The summed E-state index contributed by atoms with van der Waals surface area (Å²) in [7, 11) is 0. The quantitative estimate of drug-likeness (QED) is 0.406. The summed E-state index contributed by atoms with van der Waals surface area (Å²) >= 11 is 5.40. The van der Waals surface area contributed by atoms with Gasteiger partial charge >= 0.3 is 0 Å². The van der Waals surface area contributed by atoms with Crippen molar-refractivity contribution in [3.8, 4) is 11.5 Å². The summed E-state index contributed by atoms with van der Waals surface area (Å²) < 4.78 is 5.06. The Morgan fingerprint density at radius 1 is 1.35 bits per heavy atom. The van der Waals surface area contributed by atoms with Crippen LogP contribution in [0.5, 0.6) is 11.5 Å². The third kappa shape index (κ3) is 4.13. The van der Waals surface area contributed by atoms with E-state index in [1.807, 2.05) is 0 Å². The number of halogens is 1. The molecule has 0 atom stereocenters. The zero-order chi connectivity index (χ0) is 12.7. The predicted molar refractivity (Wildman–Crippen MR) is 63.6 cm³/mol.